The van der Waals surface area contributed by atoms with E-state index in [1.807, 2.05) is 5.38 Å². The molecule has 1 fully saturated rings. The van der Waals surface area contributed by atoms with Crippen LogP contribution in [0.15, 0.2) is 11.6 Å². The standard InChI is InChI=1S/C10H15N3OS/c1-7-2-4-13(10(11)14)8(6-7)9-12-3-5-15-9/h3,5,7-8H,2,4,6H2,1H3,(H2,11,14). The Hall–Kier alpha value is -1.10. The lowest BCUT2D eigenvalue weighted by Gasteiger charge is -2.36. The number of primary amides is 1. The van der Waals surface area contributed by atoms with Crippen LogP contribution in [0.25, 0.3) is 0 Å². The van der Waals surface area contributed by atoms with E-state index in [9.17, 15) is 4.79 Å². The van der Waals surface area contributed by atoms with Gasteiger partial charge in [-0.1, -0.05) is 6.92 Å². The highest BCUT2D eigenvalue weighted by Crippen LogP contribution is 2.34. The molecule has 0 saturated carbocycles. The van der Waals surface area contributed by atoms with Crippen LogP contribution in [0.2, 0.25) is 0 Å². The maximum atomic E-state index is 11.3. The van der Waals surface area contributed by atoms with Gasteiger partial charge in [-0.15, -0.1) is 11.3 Å². The molecule has 0 aromatic carbocycles. The summed E-state index contributed by atoms with van der Waals surface area (Å²) in [4.78, 5) is 17.3. The molecule has 0 aliphatic carbocycles. The summed E-state index contributed by atoms with van der Waals surface area (Å²) in [7, 11) is 0. The van der Waals surface area contributed by atoms with Gasteiger partial charge in [0, 0.05) is 18.1 Å². The largest absolute Gasteiger partial charge is 0.351 e. The van der Waals surface area contributed by atoms with E-state index < -0.39 is 0 Å². The van der Waals surface area contributed by atoms with E-state index in [-0.39, 0.29) is 12.1 Å². The number of nitrogens with zero attached hydrogens (tertiary/aromatic N) is 2. The van der Waals surface area contributed by atoms with Crippen molar-refractivity contribution in [2.45, 2.75) is 25.8 Å². The number of amides is 2. The molecule has 1 saturated heterocycles. The van der Waals surface area contributed by atoms with Crippen LogP contribution < -0.4 is 5.73 Å². The van der Waals surface area contributed by atoms with Gasteiger partial charge < -0.3 is 10.6 Å². The fourth-order valence-electron chi connectivity index (χ4n) is 2.04. The molecule has 0 spiro atoms. The average molecular weight is 225 g/mol. The van der Waals surface area contributed by atoms with Gasteiger partial charge in [-0.05, 0) is 18.8 Å². The maximum Gasteiger partial charge on any atom is 0.315 e. The molecule has 2 rings (SSSR count). The summed E-state index contributed by atoms with van der Waals surface area (Å²) >= 11 is 1.59. The number of likely N-dealkylation sites (tertiary alicyclic amines) is 1. The molecule has 4 nitrogen and oxygen atoms in total. The number of aromatic nitrogens is 1. The number of carbonyl (C=O) groups excluding carboxylic acids is 1. The number of urea groups is 1. The first kappa shape index (κ1) is 10.4. The summed E-state index contributed by atoms with van der Waals surface area (Å²) in [6.45, 7) is 2.96. The Kier molecular flexibility index (Phi) is 2.90. The molecule has 5 heteroatoms. The lowest BCUT2D eigenvalue weighted by Crippen LogP contribution is -2.43. The molecule has 1 aromatic rings. The van der Waals surface area contributed by atoms with Crippen LogP contribution in [0.3, 0.4) is 0 Å². The molecule has 2 amide bonds. The third kappa shape index (κ3) is 2.12. The third-order valence-electron chi connectivity index (χ3n) is 2.88. The predicted octanol–water partition coefficient (Wildman–Crippen LogP) is 1.99. The predicted molar refractivity (Wildman–Crippen MR) is 59.5 cm³/mol. The highest BCUT2D eigenvalue weighted by molar-refractivity contribution is 7.09. The number of hydrogen-bond donors (Lipinski definition) is 1. The summed E-state index contributed by atoms with van der Waals surface area (Å²) in [6, 6.07) is -0.242. The fraction of sp³-hybridized carbons (Fsp3) is 0.600. The first-order valence-corrected chi connectivity index (χ1v) is 6.02. The highest BCUT2D eigenvalue weighted by Gasteiger charge is 2.31. The lowest BCUT2D eigenvalue weighted by atomic mass is 9.93. The molecular weight excluding hydrogens is 210 g/mol. The van der Waals surface area contributed by atoms with Crippen molar-refractivity contribution < 1.29 is 4.79 Å². The van der Waals surface area contributed by atoms with E-state index >= 15 is 0 Å². The van der Waals surface area contributed by atoms with Crippen LogP contribution in [0, 0.1) is 5.92 Å². The van der Waals surface area contributed by atoms with E-state index in [0.717, 1.165) is 24.4 Å². The zero-order valence-corrected chi connectivity index (χ0v) is 9.54. The number of carbonyl (C=O) groups is 1. The topological polar surface area (TPSA) is 59.2 Å². The van der Waals surface area contributed by atoms with Crippen LogP contribution in [-0.2, 0) is 0 Å². The summed E-state index contributed by atoms with van der Waals surface area (Å²) in [6.07, 6.45) is 3.78. The Morgan fingerprint density at radius 2 is 2.53 bits per heavy atom. The average Bonchev–Trinajstić information content (AvgIpc) is 2.69. The Labute approximate surface area is 93.1 Å². The summed E-state index contributed by atoms with van der Waals surface area (Å²) in [5.74, 6) is 0.634. The quantitative estimate of drug-likeness (QED) is 0.794. The van der Waals surface area contributed by atoms with Crippen molar-refractivity contribution in [1.29, 1.82) is 0 Å². The SMILES string of the molecule is CC1CCN(C(N)=O)C(c2nccs2)C1. The molecule has 15 heavy (non-hydrogen) atoms. The van der Waals surface area contributed by atoms with Gasteiger partial charge in [0.05, 0.1) is 6.04 Å². The summed E-state index contributed by atoms with van der Waals surface area (Å²) < 4.78 is 0. The van der Waals surface area contributed by atoms with Crippen molar-refractivity contribution in [2.24, 2.45) is 11.7 Å². The summed E-state index contributed by atoms with van der Waals surface area (Å²) in [5.41, 5.74) is 5.37. The van der Waals surface area contributed by atoms with Gasteiger partial charge in [-0.3, -0.25) is 0 Å². The fourth-order valence-corrected chi connectivity index (χ4v) is 2.80. The van der Waals surface area contributed by atoms with Crippen LogP contribution in [0.1, 0.15) is 30.8 Å². The summed E-state index contributed by atoms with van der Waals surface area (Å²) in [5, 5.41) is 2.94. The number of piperidine rings is 1. The Balaban J connectivity index is 2.20. The first-order chi connectivity index (χ1) is 7.18. The van der Waals surface area contributed by atoms with E-state index in [1.165, 1.54) is 0 Å². The molecule has 2 atom stereocenters. The van der Waals surface area contributed by atoms with Crippen LogP contribution in [0.5, 0.6) is 0 Å². The van der Waals surface area contributed by atoms with Gasteiger partial charge in [0.2, 0.25) is 0 Å². The normalized spacial score (nSPS) is 26.6. The molecule has 2 heterocycles. The second kappa shape index (κ2) is 4.18. The first-order valence-electron chi connectivity index (χ1n) is 5.14. The maximum absolute atomic E-state index is 11.3. The van der Waals surface area contributed by atoms with Gasteiger partial charge in [-0.2, -0.15) is 0 Å². The van der Waals surface area contributed by atoms with E-state index in [4.69, 9.17) is 5.73 Å². The second-order valence-corrected chi connectivity index (χ2v) is 4.97. The Morgan fingerprint density at radius 3 is 3.13 bits per heavy atom. The minimum Gasteiger partial charge on any atom is -0.351 e. The lowest BCUT2D eigenvalue weighted by molar-refractivity contribution is 0.139. The zero-order chi connectivity index (χ0) is 10.8. The van der Waals surface area contributed by atoms with Crippen LogP contribution in [-0.4, -0.2) is 22.5 Å². The van der Waals surface area contributed by atoms with Gasteiger partial charge in [0.25, 0.3) is 0 Å². The van der Waals surface area contributed by atoms with Crippen LogP contribution >= 0.6 is 11.3 Å². The Morgan fingerprint density at radius 1 is 1.73 bits per heavy atom. The van der Waals surface area contributed by atoms with Crippen molar-refractivity contribution in [3.8, 4) is 0 Å². The molecule has 2 unspecified atom stereocenters. The number of hydrogen-bond acceptors (Lipinski definition) is 3. The minimum absolute atomic E-state index is 0.0891. The minimum atomic E-state index is -0.331. The zero-order valence-electron chi connectivity index (χ0n) is 8.72. The van der Waals surface area contributed by atoms with Crippen molar-refractivity contribution in [1.82, 2.24) is 9.88 Å². The molecular formula is C10H15N3OS. The van der Waals surface area contributed by atoms with E-state index in [1.54, 1.807) is 22.4 Å². The van der Waals surface area contributed by atoms with E-state index in [2.05, 4.69) is 11.9 Å². The van der Waals surface area contributed by atoms with Crippen molar-refractivity contribution in [3.05, 3.63) is 16.6 Å². The van der Waals surface area contributed by atoms with Crippen molar-refractivity contribution >= 4 is 17.4 Å². The smallest absolute Gasteiger partial charge is 0.315 e. The monoisotopic (exact) mass is 225 g/mol. The number of rotatable bonds is 1. The third-order valence-corrected chi connectivity index (χ3v) is 3.76. The number of thiazole rings is 1. The van der Waals surface area contributed by atoms with Gasteiger partial charge >= 0.3 is 6.03 Å². The van der Waals surface area contributed by atoms with Crippen molar-refractivity contribution in [2.75, 3.05) is 6.54 Å². The Bertz CT molecular complexity index is 338. The van der Waals surface area contributed by atoms with Crippen LogP contribution in [0.4, 0.5) is 4.79 Å². The molecule has 1 aliphatic rings. The van der Waals surface area contributed by atoms with Crippen molar-refractivity contribution in [3.63, 3.8) is 0 Å². The molecule has 1 aliphatic heterocycles. The second-order valence-electron chi connectivity index (χ2n) is 4.05. The van der Waals surface area contributed by atoms with Gasteiger partial charge in [-0.25, -0.2) is 9.78 Å². The van der Waals surface area contributed by atoms with Gasteiger partial charge in [0.1, 0.15) is 5.01 Å². The molecule has 2 N–H and O–H groups in total. The highest BCUT2D eigenvalue weighted by atomic mass is 32.1. The molecule has 82 valence electrons. The van der Waals surface area contributed by atoms with Gasteiger partial charge in [0.15, 0.2) is 0 Å². The molecule has 0 bridgehead atoms. The molecule has 1 aromatic heterocycles. The van der Waals surface area contributed by atoms with E-state index in [0.29, 0.717) is 5.92 Å². The number of nitrogens with two attached hydrogens (primary N) is 1. The molecule has 0 radical (unpaired) electrons.